The van der Waals surface area contributed by atoms with Crippen molar-refractivity contribution >= 4 is 10.9 Å². The van der Waals surface area contributed by atoms with Gasteiger partial charge in [0.2, 0.25) is 0 Å². The molecule has 1 aliphatic rings. The molecule has 4 rings (SSSR count). The fourth-order valence-electron chi connectivity index (χ4n) is 3.96. The van der Waals surface area contributed by atoms with Crippen LogP contribution in [0.5, 0.6) is 0 Å². The van der Waals surface area contributed by atoms with Crippen molar-refractivity contribution < 1.29 is 0 Å². The lowest BCUT2D eigenvalue weighted by Crippen LogP contribution is -2.29. The number of rotatable bonds is 3. The van der Waals surface area contributed by atoms with Crippen LogP contribution in [-0.2, 0) is 13.0 Å². The second-order valence-electron chi connectivity index (χ2n) is 7.01. The minimum Gasteiger partial charge on any atom is -0.309 e. The van der Waals surface area contributed by atoms with E-state index >= 15 is 0 Å². The van der Waals surface area contributed by atoms with E-state index in [-0.39, 0.29) is 5.56 Å². The third-order valence-electron chi connectivity index (χ3n) is 5.26. The number of benzene rings is 2. The minimum atomic E-state index is -0.0545. The quantitative estimate of drug-likeness (QED) is 0.794. The highest BCUT2D eigenvalue weighted by molar-refractivity contribution is 5.80. The van der Waals surface area contributed by atoms with Gasteiger partial charge >= 0.3 is 0 Å². The highest BCUT2D eigenvalue weighted by atomic mass is 16.1. The smallest absolute Gasteiger partial charge is 0.258 e. The number of hydrogen-bond acceptors (Lipinski definition) is 3. The van der Waals surface area contributed by atoms with Gasteiger partial charge in [0.1, 0.15) is 5.82 Å². The Morgan fingerprint density at radius 1 is 1.20 bits per heavy atom. The van der Waals surface area contributed by atoms with Crippen molar-refractivity contribution in [3.63, 3.8) is 0 Å². The van der Waals surface area contributed by atoms with E-state index in [1.165, 1.54) is 17.5 Å². The maximum absolute atomic E-state index is 12.4. The van der Waals surface area contributed by atoms with Gasteiger partial charge in [0, 0.05) is 6.04 Å². The van der Waals surface area contributed by atoms with Crippen LogP contribution in [0.4, 0.5) is 0 Å². The Bertz CT molecular complexity index is 976. The molecule has 25 heavy (non-hydrogen) atoms. The summed E-state index contributed by atoms with van der Waals surface area (Å²) in [7, 11) is 2.12. The molecule has 0 radical (unpaired) electrons. The topological polar surface area (TPSA) is 49.0 Å². The molecule has 4 heteroatoms. The average molecular weight is 333 g/mol. The molecule has 1 aromatic heterocycles. The van der Waals surface area contributed by atoms with Crippen LogP contribution in [0.25, 0.3) is 10.9 Å². The first-order valence-corrected chi connectivity index (χ1v) is 8.90. The van der Waals surface area contributed by atoms with E-state index in [0.29, 0.717) is 18.0 Å². The summed E-state index contributed by atoms with van der Waals surface area (Å²) in [5.74, 6) is 0.734. The molecule has 0 spiro atoms. The number of nitrogens with one attached hydrogen (secondary N) is 1. The zero-order valence-electron chi connectivity index (χ0n) is 14.7. The number of H-pyrrole nitrogens is 1. The fourth-order valence-corrected chi connectivity index (χ4v) is 3.96. The van der Waals surface area contributed by atoms with Crippen LogP contribution < -0.4 is 5.56 Å². The van der Waals surface area contributed by atoms with Crippen molar-refractivity contribution in [2.24, 2.45) is 0 Å². The van der Waals surface area contributed by atoms with E-state index in [0.717, 1.165) is 29.7 Å². The van der Waals surface area contributed by atoms with Gasteiger partial charge < -0.3 is 4.98 Å². The summed E-state index contributed by atoms with van der Waals surface area (Å²) in [5, 5.41) is 0.661. The second kappa shape index (κ2) is 6.45. The van der Waals surface area contributed by atoms with Gasteiger partial charge in [0.25, 0.3) is 5.56 Å². The van der Waals surface area contributed by atoms with Gasteiger partial charge in [0.05, 0.1) is 17.4 Å². The number of hydrogen-bond donors (Lipinski definition) is 1. The molecular formula is C21H23N3O. The molecule has 0 aliphatic heterocycles. The summed E-state index contributed by atoms with van der Waals surface area (Å²) in [6, 6.07) is 14.8. The summed E-state index contributed by atoms with van der Waals surface area (Å²) < 4.78 is 0. The maximum atomic E-state index is 12.4. The van der Waals surface area contributed by atoms with Gasteiger partial charge in [-0.1, -0.05) is 36.4 Å². The molecule has 1 atom stereocenters. The molecule has 0 saturated heterocycles. The number of aromatic nitrogens is 2. The molecule has 1 N–H and O–H groups in total. The van der Waals surface area contributed by atoms with E-state index in [1.54, 1.807) is 0 Å². The molecule has 1 aliphatic carbocycles. The zero-order valence-corrected chi connectivity index (χ0v) is 14.7. The van der Waals surface area contributed by atoms with Crippen molar-refractivity contribution in [1.29, 1.82) is 0 Å². The van der Waals surface area contributed by atoms with Gasteiger partial charge in [-0.25, -0.2) is 4.98 Å². The molecule has 1 heterocycles. The zero-order chi connectivity index (χ0) is 17.4. The van der Waals surface area contributed by atoms with Crippen molar-refractivity contribution in [1.82, 2.24) is 14.9 Å². The maximum Gasteiger partial charge on any atom is 0.258 e. The van der Waals surface area contributed by atoms with E-state index < -0.39 is 0 Å². The second-order valence-corrected chi connectivity index (χ2v) is 7.01. The molecule has 2 aromatic carbocycles. The number of fused-ring (bicyclic) bond motifs is 2. The molecule has 3 aromatic rings. The Balaban J connectivity index is 1.66. The molecule has 4 nitrogen and oxygen atoms in total. The monoisotopic (exact) mass is 333 g/mol. The number of aryl methyl sites for hydroxylation is 2. The third-order valence-corrected chi connectivity index (χ3v) is 5.26. The van der Waals surface area contributed by atoms with Crippen LogP contribution in [0.3, 0.4) is 0 Å². The standard InChI is InChI=1S/C21H23N3O/c1-14-7-5-11-17-20(14)22-19(23-21(17)25)13-24(2)18-12-6-9-15-8-3-4-10-16(15)18/h3-5,7-8,10-11,18H,6,9,12-13H2,1-2H3,(H,22,23,25)/t18-/m0/s1. The van der Waals surface area contributed by atoms with Crippen LogP contribution in [0, 0.1) is 6.92 Å². The number of aromatic amines is 1. The molecule has 128 valence electrons. The van der Waals surface area contributed by atoms with E-state index in [9.17, 15) is 4.79 Å². The Morgan fingerprint density at radius 2 is 2.04 bits per heavy atom. The summed E-state index contributed by atoms with van der Waals surface area (Å²) >= 11 is 0. The first-order chi connectivity index (χ1) is 12.1. The van der Waals surface area contributed by atoms with Gasteiger partial charge in [-0.3, -0.25) is 9.69 Å². The SMILES string of the molecule is Cc1cccc2c(=O)[nH]c(CN(C)[C@H]3CCCc4ccccc43)nc12. The van der Waals surface area contributed by atoms with Crippen molar-refractivity contribution in [3.8, 4) is 0 Å². The van der Waals surface area contributed by atoms with Crippen molar-refractivity contribution in [2.45, 2.75) is 38.8 Å². The van der Waals surface area contributed by atoms with Crippen molar-refractivity contribution in [2.75, 3.05) is 7.05 Å². The van der Waals surface area contributed by atoms with E-state index in [1.807, 2.05) is 25.1 Å². The average Bonchev–Trinajstić information content (AvgIpc) is 2.62. The Kier molecular flexibility index (Phi) is 4.14. The van der Waals surface area contributed by atoms with Gasteiger partial charge in [-0.05, 0) is 56.0 Å². The van der Waals surface area contributed by atoms with Crippen LogP contribution in [0.15, 0.2) is 47.3 Å². The van der Waals surface area contributed by atoms with E-state index in [2.05, 4.69) is 41.2 Å². The third kappa shape index (κ3) is 2.98. The highest BCUT2D eigenvalue weighted by Crippen LogP contribution is 2.33. The van der Waals surface area contributed by atoms with Gasteiger partial charge in [0.15, 0.2) is 0 Å². The fraction of sp³-hybridized carbons (Fsp3) is 0.333. The number of nitrogens with zero attached hydrogens (tertiary/aromatic N) is 2. The summed E-state index contributed by atoms with van der Waals surface area (Å²) in [4.78, 5) is 22.4. The van der Waals surface area contributed by atoms with Crippen LogP contribution >= 0.6 is 0 Å². The van der Waals surface area contributed by atoms with Gasteiger partial charge in [-0.2, -0.15) is 0 Å². The Morgan fingerprint density at radius 3 is 2.92 bits per heavy atom. The first kappa shape index (κ1) is 16.0. The summed E-state index contributed by atoms with van der Waals surface area (Å²) in [6.45, 7) is 2.64. The molecule has 0 fully saturated rings. The lowest BCUT2D eigenvalue weighted by molar-refractivity contribution is 0.208. The molecule has 0 saturated carbocycles. The summed E-state index contributed by atoms with van der Waals surface area (Å²) in [5.41, 5.74) is 4.65. The molecule has 0 amide bonds. The number of para-hydroxylation sites is 1. The molecule has 0 bridgehead atoms. The van der Waals surface area contributed by atoms with Crippen LogP contribution in [0.1, 0.15) is 41.4 Å². The lowest BCUT2D eigenvalue weighted by atomic mass is 9.87. The lowest BCUT2D eigenvalue weighted by Gasteiger charge is -2.33. The highest BCUT2D eigenvalue weighted by Gasteiger charge is 2.24. The Hall–Kier alpha value is -2.46. The normalized spacial score (nSPS) is 17.0. The van der Waals surface area contributed by atoms with E-state index in [4.69, 9.17) is 4.98 Å². The predicted octanol–water partition coefficient (Wildman–Crippen LogP) is 3.74. The minimum absolute atomic E-state index is 0.0545. The van der Waals surface area contributed by atoms with Crippen LogP contribution in [0.2, 0.25) is 0 Å². The first-order valence-electron chi connectivity index (χ1n) is 8.90. The van der Waals surface area contributed by atoms with Gasteiger partial charge in [-0.15, -0.1) is 0 Å². The predicted molar refractivity (Wildman–Crippen MR) is 101 cm³/mol. The molecule has 0 unspecified atom stereocenters. The molecular weight excluding hydrogens is 310 g/mol. The Labute approximate surface area is 147 Å². The van der Waals surface area contributed by atoms with Crippen LogP contribution in [-0.4, -0.2) is 21.9 Å². The summed E-state index contributed by atoms with van der Waals surface area (Å²) in [6.07, 6.45) is 3.50. The largest absolute Gasteiger partial charge is 0.309 e. The van der Waals surface area contributed by atoms with Crippen molar-refractivity contribution in [3.05, 3.63) is 75.3 Å².